The molecular weight excluding hydrogens is 192 g/mol. The zero-order valence-electron chi connectivity index (χ0n) is 8.50. The van der Waals surface area contributed by atoms with Crippen molar-refractivity contribution in [1.82, 2.24) is 19.6 Å². The number of nitrogens with zero attached hydrogens (tertiary/aromatic N) is 4. The number of hydrogen-bond donors (Lipinski definition) is 0. The van der Waals surface area contributed by atoms with Crippen molar-refractivity contribution in [3.63, 3.8) is 0 Å². The molecule has 0 aliphatic heterocycles. The van der Waals surface area contributed by atoms with E-state index in [-0.39, 0.29) is 0 Å². The summed E-state index contributed by atoms with van der Waals surface area (Å²) >= 11 is 0. The van der Waals surface area contributed by atoms with Gasteiger partial charge in [-0.3, -0.25) is 14.2 Å². The van der Waals surface area contributed by atoms with Crippen LogP contribution in [0.1, 0.15) is 22.8 Å². The monoisotopic (exact) mass is 204 g/mol. The lowest BCUT2D eigenvalue weighted by atomic mass is 10.3. The summed E-state index contributed by atoms with van der Waals surface area (Å²) < 4.78 is 3.58. The number of carbonyl (C=O) groups excluding carboxylic acids is 1. The summed E-state index contributed by atoms with van der Waals surface area (Å²) in [5.74, 6) is 0. The van der Waals surface area contributed by atoms with E-state index in [1.165, 1.54) is 0 Å². The number of rotatable bonds is 4. The lowest BCUT2D eigenvalue weighted by Crippen LogP contribution is -1.99. The van der Waals surface area contributed by atoms with E-state index in [1.807, 2.05) is 24.0 Å². The molecule has 0 saturated carbocycles. The first kappa shape index (κ1) is 9.64. The molecule has 15 heavy (non-hydrogen) atoms. The molecule has 78 valence electrons. The van der Waals surface area contributed by atoms with Crippen LogP contribution < -0.4 is 0 Å². The summed E-state index contributed by atoms with van der Waals surface area (Å²) in [5, 5.41) is 8.23. The zero-order chi connectivity index (χ0) is 10.7. The Kier molecular flexibility index (Phi) is 2.62. The van der Waals surface area contributed by atoms with Crippen molar-refractivity contribution in [3.8, 4) is 0 Å². The molecule has 0 aliphatic carbocycles. The topological polar surface area (TPSA) is 52.7 Å². The van der Waals surface area contributed by atoms with Crippen LogP contribution in [0.15, 0.2) is 24.8 Å². The van der Waals surface area contributed by atoms with Crippen molar-refractivity contribution < 1.29 is 4.79 Å². The standard InChI is InChI=1S/C10H12N4O/c1-2-13-5-9(3-11-13)6-14-7-10(8-15)4-12-14/h3-5,7-8H,2,6H2,1H3. The Morgan fingerprint density at radius 1 is 1.27 bits per heavy atom. The van der Waals surface area contributed by atoms with Crippen molar-refractivity contribution >= 4 is 6.29 Å². The number of hydrogen-bond acceptors (Lipinski definition) is 3. The van der Waals surface area contributed by atoms with Gasteiger partial charge in [0.05, 0.1) is 24.5 Å². The van der Waals surface area contributed by atoms with Crippen molar-refractivity contribution in [2.45, 2.75) is 20.0 Å². The minimum atomic E-state index is 0.595. The Labute approximate surface area is 87.3 Å². The van der Waals surface area contributed by atoms with Gasteiger partial charge in [-0.05, 0) is 6.92 Å². The molecule has 0 radical (unpaired) electrons. The molecule has 2 aromatic heterocycles. The first-order valence-electron chi connectivity index (χ1n) is 4.80. The van der Waals surface area contributed by atoms with Gasteiger partial charge in [-0.1, -0.05) is 0 Å². The second-order valence-electron chi connectivity index (χ2n) is 3.29. The van der Waals surface area contributed by atoms with Gasteiger partial charge in [-0.25, -0.2) is 0 Å². The fourth-order valence-electron chi connectivity index (χ4n) is 1.37. The quantitative estimate of drug-likeness (QED) is 0.697. The number of aryl methyl sites for hydroxylation is 1. The Morgan fingerprint density at radius 2 is 2.07 bits per heavy atom. The van der Waals surface area contributed by atoms with Crippen LogP contribution >= 0.6 is 0 Å². The molecule has 0 bridgehead atoms. The van der Waals surface area contributed by atoms with Crippen LogP contribution in [-0.2, 0) is 13.1 Å². The summed E-state index contributed by atoms with van der Waals surface area (Å²) in [5.41, 5.74) is 1.68. The zero-order valence-corrected chi connectivity index (χ0v) is 8.50. The van der Waals surface area contributed by atoms with E-state index in [0.29, 0.717) is 12.1 Å². The molecule has 2 rings (SSSR count). The van der Waals surface area contributed by atoms with E-state index < -0.39 is 0 Å². The molecule has 5 heteroatoms. The van der Waals surface area contributed by atoms with Gasteiger partial charge in [0.15, 0.2) is 6.29 Å². The minimum absolute atomic E-state index is 0.595. The van der Waals surface area contributed by atoms with E-state index in [1.54, 1.807) is 17.1 Å². The Morgan fingerprint density at radius 3 is 2.67 bits per heavy atom. The highest BCUT2D eigenvalue weighted by atomic mass is 16.1. The molecule has 0 saturated heterocycles. The summed E-state index contributed by atoms with van der Waals surface area (Å²) in [6.45, 7) is 3.54. The molecular formula is C10H12N4O. The SMILES string of the molecule is CCn1cc(Cn2cc(C=O)cn2)cn1. The van der Waals surface area contributed by atoms with Crippen LogP contribution in [0.25, 0.3) is 0 Å². The minimum Gasteiger partial charge on any atom is -0.298 e. The van der Waals surface area contributed by atoms with Gasteiger partial charge in [-0.2, -0.15) is 10.2 Å². The van der Waals surface area contributed by atoms with Gasteiger partial charge in [-0.15, -0.1) is 0 Å². The second kappa shape index (κ2) is 4.08. The van der Waals surface area contributed by atoms with E-state index in [0.717, 1.165) is 18.4 Å². The van der Waals surface area contributed by atoms with Crippen molar-refractivity contribution in [3.05, 3.63) is 35.9 Å². The van der Waals surface area contributed by atoms with Gasteiger partial charge in [0.1, 0.15) is 0 Å². The maximum atomic E-state index is 10.5. The van der Waals surface area contributed by atoms with Crippen LogP contribution in [0.2, 0.25) is 0 Å². The molecule has 0 fully saturated rings. The molecule has 0 aromatic carbocycles. The smallest absolute Gasteiger partial charge is 0.153 e. The Bertz CT molecular complexity index is 457. The summed E-state index contributed by atoms with van der Waals surface area (Å²) in [7, 11) is 0. The van der Waals surface area contributed by atoms with Gasteiger partial charge < -0.3 is 0 Å². The molecule has 0 aliphatic rings. The van der Waals surface area contributed by atoms with Gasteiger partial charge in [0.25, 0.3) is 0 Å². The maximum absolute atomic E-state index is 10.5. The van der Waals surface area contributed by atoms with Gasteiger partial charge in [0.2, 0.25) is 0 Å². The van der Waals surface area contributed by atoms with Crippen LogP contribution in [-0.4, -0.2) is 25.8 Å². The molecule has 0 atom stereocenters. The number of aldehydes is 1. The average Bonchev–Trinajstić information content (AvgIpc) is 2.87. The number of carbonyl (C=O) groups is 1. The Hall–Kier alpha value is -1.91. The summed E-state index contributed by atoms with van der Waals surface area (Å²) in [4.78, 5) is 10.5. The summed E-state index contributed by atoms with van der Waals surface area (Å²) in [6, 6.07) is 0. The predicted octanol–water partition coefficient (Wildman–Crippen LogP) is 0.960. The maximum Gasteiger partial charge on any atom is 0.153 e. The van der Waals surface area contributed by atoms with Crippen LogP contribution in [0.5, 0.6) is 0 Å². The highest BCUT2D eigenvalue weighted by Gasteiger charge is 2.00. The van der Waals surface area contributed by atoms with Crippen LogP contribution in [0, 0.1) is 0 Å². The van der Waals surface area contributed by atoms with E-state index in [4.69, 9.17) is 0 Å². The average molecular weight is 204 g/mol. The molecule has 0 N–H and O–H groups in total. The lowest BCUT2D eigenvalue weighted by molar-refractivity contribution is 0.112. The van der Waals surface area contributed by atoms with E-state index in [2.05, 4.69) is 10.2 Å². The molecule has 2 heterocycles. The second-order valence-corrected chi connectivity index (χ2v) is 3.29. The third kappa shape index (κ3) is 2.12. The first-order valence-corrected chi connectivity index (χ1v) is 4.80. The third-order valence-electron chi connectivity index (χ3n) is 2.14. The predicted molar refractivity (Wildman–Crippen MR) is 54.6 cm³/mol. The molecule has 0 amide bonds. The van der Waals surface area contributed by atoms with E-state index >= 15 is 0 Å². The largest absolute Gasteiger partial charge is 0.298 e. The van der Waals surface area contributed by atoms with Crippen LogP contribution in [0.4, 0.5) is 0 Å². The summed E-state index contributed by atoms with van der Waals surface area (Å²) in [6.07, 6.45) is 7.85. The van der Waals surface area contributed by atoms with Gasteiger partial charge in [0, 0.05) is 24.5 Å². The van der Waals surface area contributed by atoms with Gasteiger partial charge >= 0.3 is 0 Å². The van der Waals surface area contributed by atoms with E-state index in [9.17, 15) is 4.79 Å². The Balaban J connectivity index is 2.10. The van der Waals surface area contributed by atoms with Crippen LogP contribution in [0.3, 0.4) is 0 Å². The fourth-order valence-corrected chi connectivity index (χ4v) is 1.37. The third-order valence-corrected chi connectivity index (χ3v) is 2.14. The van der Waals surface area contributed by atoms with Crippen molar-refractivity contribution in [1.29, 1.82) is 0 Å². The first-order chi connectivity index (χ1) is 7.31. The number of aromatic nitrogens is 4. The highest BCUT2D eigenvalue weighted by molar-refractivity contribution is 5.73. The highest BCUT2D eigenvalue weighted by Crippen LogP contribution is 2.02. The molecule has 2 aromatic rings. The molecule has 5 nitrogen and oxygen atoms in total. The fraction of sp³-hybridized carbons (Fsp3) is 0.300. The normalized spacial score (nSPS) is 10.5. The lowest BCUT2D eigenvalue weighted by Gasteiger charge is -1.96. The van der Waals surface area contributed by atoms with Crippen molar-refractivity contribution in [2.75, 3.05) is 0 Å². The molecule has 0 unspecified atom stereocenters. The van der Waals surface area contributed by atoms with Crippen molar-refractivity contribution in [2.24, 2.45) is 0 Å². The molecule has 0 spiro atoms.